The lowest BCUT2D eigenvalue weighted by molar-refractivity contribution is -0.120. The van der Waals surface area contributed by atoms with Gasteiger partial charge in [0.25, 0.3) is 11.8 Å². The van der Waals surface area contributed by atoms with Crippen molar-refractivity contribution in [1.29, 1.82) is 0 Å². The van der Waals surface area contributed by atoms with Crippen molar-refractivity contribution in [3.05, 3.63) is 59.7 Å². The summed E-state index contributed by atoms with van der Waals surface area (Å²) in [4.78, 5) is 38.1. The first kappa shape index (κ1) is 19.6. The van der Waals surface area contributed by atoms with E-state index in [4.69, 9.17) is 4.74 Å². The SMILES string of the molecule is CCC(CC)C(=O)Nc1cccc(OCCN2C(=O)c3ccccc3C2=O)c1. The van der Waals surface area contributed by atoms with Gasteiger partial charge in [-0.3, -0.25) is 19.3 Å². The first-order chi connectivity index (χ1) is 13.5. The molecule has 6 heteroatoms. The maximum atomic E-state index is 12.3. The van der Waals surface area contributed by atoms with Crippen molar-refractivity contribution in [1.82, 2.24) is 4.90 Å². The van der Waals surface area contributed by atoms with E-state index in [-0.39, 0.29) is 36.8 Å². The molecule has 1 aliphatic heterocycles. The number of carbonyl (C=O) groups excluding carboxylic acids is 3. The Kier molecular flexibility index (Phi) is 6.09. The molecule has 0 saturated carbocycles. The molecule has 3 rings (SSSR count). The average molecular weight is 380 g/mol. The molecule has 2 aromatic carbocycles. The maximum absolute atomic E-state index is 12.3. The van der Waals surface area contributed by atoms with E-state index in [0.29, 0.717) is 22.6 Å². The second kappa shape index (κ2) is 8.69. The van der Waals surface area contributed by atoms with Crippen LogP contribution >= 0.6 is 0 Å². The van der Waals surface area contributed by atoms with E-state index < -0.39 is 0 Å². The zero-order valence-corrected chi connectivity index (χ0v) is 16.1. The summed E-state index contributed by atoms with van der Waals surface area (Å²) >= 11 is 0. The smallest absolute Gasteiger partial charge is 0.261 e. The Hall–Kier alpha value is -3.15. The Balaban J connectivity index is 1.57. The fourth-order valence-corrected chi connectivity index (χ4v) is 3.26. The van der Waals surface area contributed by atoms with Crippen molar-refractivity contribution >= 4 is 23.4 Å². The van der Waals surface area contributed by atoms with Gasteiger partial charge in [0, 0.05) is 17.7 Å². The van der Waals surface area contributed by atoms with E-state index in [2.05, 4.69) is 5.32 Å². The molecule has 0 spiro atoms. The molecule has 1 heterocycles. The monoisotopic (exact) mass is 380 g/mol. The summed E-state index contributed by atoms with van der Waals surface area (Å²) in [5.41, 5.74) is 1.52. The highest BCUT2D eigenvalue weighted by Crippen LogP contribution is 2.23. The van der Waals surface area contributed by atoms with Gasteiger partial charge in [0.15, 0.2) is 0 Å². The van der Waals surface area contributed by atoms with Crippen molar-refractivity contribution in [2.75, 3.05) is 18.5 Å². The zero-order valence-electron chi connectivity index (χ0n) is 16.1. The van der Waals surface area contributed by atoms with Gasteiger partial charge in [0.2, 0.25) is 5.91 Å². The standard InChI is InChI=1S/C22H24N2O4/c1-3-15(4-2)20(25)23-16-8-7-9-17(14-16)28-13-12-24-21(26)18-10-5-6-11-19(18)22(24)27/h5-11,14-15H,3-4,12-13H2,1-2H3,(H,23,25). The van der Waals surface area contributed by atoms with Gasteiger partial charge in [-0.05, 0) is 37.1 Å². The van der Waals surface area contributed by atoms with Gasteiger partial charge < -0.3 is 10.1 Å². The highest BCUT2D eigenvalue weighted by atomic mass is 16.5. The number of rotatable bonds is 8. The third kappa shape index (κ3) is 4.06. The van der Waals surface area contributed by atoms with Crippen LogP contribution in [-0.2, 0) is 4.79 Å². The predicted molar refractivity (Wildman–Crippen MR) is 106 cm³/mol. The Morgan fingerprint density at radius 1 is 1.00 bits per heavy atom. The molecule has 0 aromatic heterocycles. The molecule has 0 atom stereocenters. The Morgan fingerprint density at radius 2 is 1.64 bits per heavy atom. The van der Waals surface area contributed by atoms with Crippen LogP contribution in [0.4, 0.5) is 5.69 Å². The number of carbonyl (C=O) groups is 3. The molecule has 2 aromatic rings. The minimum Gasteiger partial charge on any atom is -0.492 e. The summed E-state index contributed by atoms with van der Waals surface area (Å²) in [6.07, 6.45) is 1.58. The summed E-state index contributed by atoms with van der Waals surface area (Å²) in [5, 5.41) is 2.90. The van der Waals surface area contributed by atoms with Crippen molar-refractivity contribution < 1.29 is 19.1 Å². The van der Waals surface area contributed by atoms with Crippen molar-refractivity contribution in [2.24, 2.45) is 5.92 Å². The van der Waals surface area contributed by atoms with Crippen molar-refractivity contribution in [2.45, 2.75) is 26.7 Å². The zero-order chi connectivity index (χ0) is 20.1. The van der Waals surface area contributed by atoms with E-state index in [0.717, 1.165) is 12.8 Å². The number of hydrogen-bond donors (Lipinski definition) is 1. The van der Waals surface area contributed by atoms with Gasteiger partial charge in [-0.15, -0.1) is 0 Å². The minimum atomic E-state index is -0.296. The summed E-state index contributed by atoms with van der Waals surface area (Å²) in [5.74, 6) is -0.0451. The molecule has 0 fully saturated rings. The van der Waals surface area contributed by atoms with E-state index >= 15 is 0 Å². The highest BCUT2D eigenvalue weighted by molar-refractivity contribution is 6.21. The van der Waals surface area contributed by atoms with E-state index in [9.17, 15) is 14.4 Å². The van der Waals surface area contributed by atoms with Crippen molar-refractivity contribution in [3.8, 4) is 5.75 Å². The second-order valence-electron chi connectivity index (χ2n) is 6.69. The Bertz CT molecular complexity index is 855. The largest absolute Gasteiger partial charge is 0.492 e. The first-order valence-corrected chi connectivity index (χ1v) is 9.54. The van der Waals surface area contributed by atoms with Gasteiger partial charge in [-0.25, -0.2) is 0 Å². The van der Waals surface area contributed by atoms with Crippen LogP contribution < -0.4 is 10.1 Å². The van der Waals surface area contributed by atoms with Gasteiger partial charge in [0.1, 0.15) is 12.4 Å². The number of fused-ring (bicyclic) bond motifs is 1. The molecule has 0 bridgehead atoms. The molecule has 0 radical (unpaired) electrons. The van der Waals surface area contributed by atoms with Crippen LogP contribution in [0.25, 0.3) is 0 Å². The van der Waals surface area contributed by atoms with Crippen LogP contribution in [-0.4, -0.2) is 35.8 Å². The van der Waals surface area contributed by atoms with Crippen molar-refractivity contribution in [3.63, 3.8) is 0 Å². The molecule has 1 aliphatic rings. The second-order valence-corrected chi connectivity index (χ2v) is 6.69. The summed E-state index contributed by atoms with van der Waals surface area (Å²) in [7, 11) is 0. The van der Waals surface area contributed by atoms with Crippen LogP contribution in [0.15, 0.2) is 48.5 Å². The molecule has 3 amide bonds. The molecule has 6 nitrogen and oxygen atoms in total. The van der Waals surface area contributed by atoms with E-state index in [1.165, 1.54) is 4.90 Å². The number of nitrogens with zero attached hydrogens (tertiary/aromatic N) is 1. The highest BCUT2D eigenvalue weighted by Gasteiger charge is 2.34. The molecular formula is C22H24N2O4. The fraction of sp³-hybridized carbons (Fsp3) is 0.318. The van der Waals surface area contributed by atoms with Crippen LogP contribution in [0.3, 0.4) is 0 Å². The van der Waals surface area contributed by atoms with Gasteiger partial charge in [0.05, 0.1) is 17.7 Å². The maximum Gasteiger partial charge on any atom is 0.261 e. The van der Waals surface area contributed by atoms with Gasteiger partial charge in [-0.1, -0.05) is 32.0 Å². The average Bonchev–Trinajstić information content (AvgIpc) is 2.94. The molecule has 0 unspecified atom stereocenters. The van der Waals surface area contributed by atoms with Gasteiger partial charge in [-0.2, -0.15) is 0 Å². The molecule has 1 N–H and O–H groups in total. The molecule has 0 saturated heterocycles. The van der Waals surface area contributed by atoms with Crippen LogP contribution in [0.5, 0.6) is 5.75 Å². The number of amides is 3. The minimum absolute atomic E-state index is 0.00632. The predicted octanol–water partition coefficient (Wildman–Crippen LogP) is 3.74. The fourth-order valence-electron chi connectivity index (χ4n) is 3.26. The summed E-state index contributed by atoms with van der Waals surface area (Å²) in [6, 6.07) is 13.9. The molecular weight excluding hydrogens is 356 g/mol. The lowest BCUT2D eigenvalue weighted by Gasteiger charge is -2.16. The third-order valence-corrected chi connectivity index (χ3v) is 4.92. The molecule has 28 heavy (non-hydrogen) atoms. The number of benzene rings is 2. The number of hydrogen-bond acceptors (Lipinski definition) is 4. The lowest BCUT2D eigenvalue weighted by Crippen LogP contribution is -2.33. The van der Waals surface area contributed by atoms with Crippen LogP contribution in [0, 0.1) is 5.92 Å². The first-order valence-electron chi connectivity index (χ1n) is 9.54. The number of nitrogens with one attached hydrogen (secondary N) is 1. The quantitative estimate of drug-likeness (QED) is 0.708. The third-order valence-electron chi connectivity index (χ3n) is 4.92. The summed E-state index contributed by atoms with van der Waals surface area (Å²) < 4.78 is 5.70. The van der Waals surface area contributed by atoms with E-state index in [1.807, 2.05) is 13.8 Å². The van der Waals surface area contributed by atoms with Gasteiger partial charge >= 0.3 is 0 Å². The van der Waals surface area contributed by atoms with E-state index in [1.54, 1.807) is 48.5 Å². The molecule has 0 aliphatic carbocycles. The normalized spacial score (nSPS) is 13.0. The lowest BCUT2D eigenvalue weighted by atomic mass is 10.0. The Morgan fingerprint density at radius 3 is 2.25 bits per heavy atom. The topological polar surface area (TPSA) is 75.7 Å². The van der Waals surface area contributed by atoms with Crippen LogP contribution in [0.1, 0.15) is 47.4 Å². The Labute approximate surface area is 164 Å². The number of imide groups is 1. The molecule has 146 valence electrons. The number of anilines is 1. The van der Waals surface area contributed by atoms with Crippen LogP contribution in [0.2, 0.25) is 0 Å². The summed E-state index contributed by atoms with van der Waals surface area (Å²) in [6.45, 7) is 4.32. The number of ether oxygens (including phenoxy) is 1.